The molecule has 0 fully saturated rings. The van der Waals surface area contributed by atoms with Gasteiger partial charge >= 0.3 is 11.8 Å². The van der Waals surface area contributed by atoms with Crippen LogP contribution in [-0.4, -0.2) is 21.2 Å². The first kappa shape index (κ1) is 12.9. The molecule has 0 aliphatic heterocycles. The second-order valence-electron chi connectivity index (χ2n) is 4.88. The number of para-hydroxylation sites is 1. The predicted molar refractivity (Wildman–Crippen MR) is 71.9 cm³/mol. The van der Waals surface area contributed by atoms with Gasteiger partial charge in [0.25, 0.3) is 0 Å². The Balaban J connectivity index is 2.58. The van der Waals surface area contributed by atoms with Crippen molar-refractivity contribution in [3.05, 3.63) is 33.2 Å². The molecule has 0 saturated heterocycles. The first-order valence-electron chi connectivity index (χ1n) is 5.42. The van der Waals surface area contributed by atoms with Crippen molar-refractivity contribution in [2.75, 3.05) is 0 Å². The van der Waals surface area contributed by atoms with Crippen LogP contribution in [0.3, 0.4) is 0 Å². The minimum Gasteiger partial charge on any atom is -0.443 e. The molecular formula is C12H13BrN2O3. The standard InChI is InChI=1S/C12H13BrN2O3/c1-12(2,3)18-11(17)15-8-6-4-5-7(13)9(8)14-10(15)16/h4-6H,1-3H3,(H,14,16). The fourth-order valence-electron chi connectivity index (χ4n) is 1.58. The maximum absolute atomic E-state index is 12.0. The highest BCUT2D eigenvalue weighted by molar-refractivity contribution is 9.10. The highest BCUT2D eigenvalue weighted by atomic mass is 79.9. The number of aromatic amines is 1. The van der Waals surface area contributed by atoms with E-state index in [0.29, 0.717) is 11.0 Å². The minimum absolute atomic E-state index is 0.489. The number of imidazole rings is 1. The lowest BCUT2D eigenvalue weighted by atomic mass is 10.2. The highest BCUT2D eigenvalue weighted by Crippen LogP contribution is 2.21. The number of carbonyl (C=O) groups excluding carboxylic acids is 1. The van der Waals surface area contributed by atoms with Gasteiger partial charge in [0.15, 0.2) is 0 Å². The van der Waals surface area contributed by atoms with E-state index in [1.807, 2.05) is 0 Å². The number of H-pyrrole nitrogens is 1. The lowest BCUT2D eigenvalue weighted by Gasteiger charge is -2.19. The zero-order chi connectivity index (χ0) is 13.5. The van der Waals surface area contributed by atoms with Gasteiger partial charge in [0.05, 0.1) is 11.0 Å². The summed E-state index contributed by atoms with van der Waals surface area (Å²) in [7, 11) is 0. The van der Waals surface area contributed by atoms with Gasteiger partial charge in [0.2, 0.25) is 0 Å². The molecule has 0 atom stereocenters. The third kappa shape index (κ3) is 2.33. The Labute approximate surface area is 112 Å². The minimum atomic E-state index is -0.683. The Hall–Kier alpha value is -1.56. The van der Waals surface area contributed by atoms with E-state index in [-0.39, 0.29) is 0 Å². The van der Waals surface area contributed by atoms with Gasteiger partial charge in [-0.15, -0.1) is 0 Å². The van der Waals surface area contributed by atoms with Crippen LogP contribution in [0.4, 0.5) is 4.79 Å². The number of nitrogens with one attached hydrogen (secondary N) is 1. The lowest BCUT2D eigenvalue weighted by molar-refractivity contribution is 0.0538. The van der Waals surface area contributed by atoms with Gasteiger partial charge in [0, 0.05) is 4.47 Å². The molecule has 0 spiro atoms. The number of carbonyl (C=O) groups is 1. The zero-order valence-electron chi connectivity index (χ0n) is 10.3. The molecule has 0 aliphatic carbocycles. The first-order chi connectivity index (χ1) is 8.29. The first-order valence-corrected chi connectivity index (χ1v) is 6.21. The summed E-state index contributed by atoms with van der Waals surface area (Å²) in [5.74, 6) is 0. The third-order valence-corrected chi connectivity index (χ3v) is 2.90. The van der Waals surface area contributed by atoms with Crippen molar-refractivity contribution < 1.29 is 9.53 Å². The largest absolute Gasteiger partial charge is 0.443 e. The molecule has 1 N–H and O–H groups in total. The third-order valence-electron chi connectivity index (χ3n) is 2.24. The Morgan fingerprint density at radius 3 is 2.67 bits per heavy atom. The van der Waals surface area contributed by atoms with Crippen molar-refractivity contribution in [2.45, 2.75) is 26.4 Å². The topological polar surface area (TPSA) is 64.1 Å². The van der Waals surface area contributed by atoms with E-state index < -0.39 is 17.4 Å². The molecule has 0 aliphatic rings. The average Bonchev–Trinajstić information content (AvgIpc) is 2.53. The van der Waals surface area contributed by atoms with Crippen molar-refractivity contribution >= 4 is 33.1 Å². The summed E-state index contributed by atoms with van der Waals surface area (Å²) in [6.45, 7) is 5.25. The number of aromatic nitrogens is 2. The second-order valence-corrected chi connectivity index (χ2v) is 5.73. The number of hydrogen-bond donors (Lipinski definition) is 1. The number of rotatable bonds is 0. The van der Waals surface area contributed by atoms with E-state index in [2.05, 4.69) is 20.9 Å². The van der Waals surface area contributed by atoms with Crippen molar-refractivity contribution in [2.24, 2.45) is 0 Å². The molecule has 2 aromatic rings. The Bertz CT molecular complexity index is 664. The molecule has 2 rings (SSSR count). The Kier molecular flexibility index (Phi) is 3.06. The number of benzene rings is 1. The van der Waals surface area contributed by atoms with Gasteiger partial charge < -0.3 is 9.72 Å². The quantitative estimate of drug-likeness (QED) is 0.813. The van der Waals surface area contributed by atoms with Gasteiger partial charge in [-0.2, -0.15) is 4.57 Å². The smallest absolute Gasteiger partial charge is 0.423 e. The molecule has 0 bridgehead atoms. The van der Waals surface area contributed by atoms with Gasteiger partial charge in [0.1, 0.15) is 5.60 Å². The predicted octanol–water partition coefficient (Wildman–Crippen LogP) is 2.88. The van der Waals surface area contributed by atoms with E-state index in [0.717, 1.165) is 9.04 Å². The fourth-order valence-corrected chi connectivity index (χ4v) is 2.04. The molecule has 6 heteroatoms. The Morgan fingerprint density at radius 2 is 2.06 bits per heavy atom. The molecule has 0 saturated carbocycles. The number of fused-ring (bicyclic) bond motifs is 1. The molecule has 0 unspecified atom stereocenters. The number of halogens is 1. The maximum atomic E-state index is 12.0. The van der Waals surface area contributed by atoms with Crippen LogP contribution in [0.5, 0.6) is 0 Å². The molecule has 5 nitrogen and oxygen atoms in total. The number of hydrogen-bond acceptors (Lipinski definition) is 3. The second kappa shape index (κ2) is 4.28. The summed E-state index contributed by atoms with van der Waals surface area (Å²) < 4.78 is 6.91. The summed E-state index contributed by atoms with van der Waals surface area (Å²) in [4.78, 5) is 26.4. The maximum Gasteiger partial charge on any atom is 0.423 e. The van der Waals surface area contributed by atoms with Gasteiger partial charge in [-0.1, -0.05) is 6.07 Å². The van der Waals surface area contributed by atoms with Crippen molar-refractivity contribution in [3.63, 3.8) is 0 Å². The summed E-state index contributed by atoms with van der Waals surface area (Å²) in [5, 5.41) is 0. The van der Waals surface area contributed by atoms with Crippen molar-refractivity contribution in [1.82, 2.24) is 9.55 Å². The van der Waals surface area contributed by atoms with Crippen LogP contribution >= 0.6 is 15.9 Å². The summed E-state index contributed by atoms with van der Waals surface area (Å²) in [6, 6.07) is 5.22. The van der Waals surface area contributed by atoms with E-state index >= 15 is 0 Å². The van der Waals surface area contributed by atoms with Crippen LogP contribution in [0.15, 0.2) is 27.5 Å². The van der Waals surface area contributed by atoms with Crippen LogP contribution < -0.4 is 5.69 Å². The molecule has 1 aromatic carbocycles. The van der Waals surface area contributed by atoms with Crippen molar-refractivity contribution in [1.29, 1.82) is 0 Å². The van der Waals surface area contributed by atoms with E-state index in [9.17, 15) is 9.59 Å². The van der Waals surface area contributed by atoms with Crippen LogP contribution in [-0.2, 0) is 4.74 Å². The summed E-state index contributed by atoms with van der Waals surface area (Å²) >= 11 is 3.32. The van der Waals surface area contributed by atoms with Gasteiger partial charge in [-0.25, -0.2) is 9.59 Å². The molecule has 18 heavy (non-hydrogen) atoms. The van der Waals surface area contributed by atoms with E-state index in [1.54, 1.807) is 39.0 Å². The van der Waals surface area contributed by atoms with Crippen LogP contribution in [0.1, 0.15) is 20.8 Å². The summed E-state index contributed by atoms with van der Waals surface area (Å²) in [6.07, 6.45) is -0.683. The summed E-state index contributed by atoms with van der Waals surface area (Å²) in [5.41, 5.74) is -0.0882. The van der Waals surface area contributed by atoms with Crippen molar-refractivity contribution in [3.8, 4) is 0 Å². The van der Waals surface area contributed by atoms with Crippen LogP contribution in [0, 0.1) is 0 Å². The number of nitrogens with zero attached hydrogens (tertiary/aromatic N) is 1. The molecule has 1 aromatic heterocycles. The molecule has 0 radical (unpaired) electrons. The highest BCUT2D eigenvalue weighted by Gasteiger charge is 2.22. The zero-order valence-corrected chi connectivity index (χ0v) is 11.9. The molecule has 0 amide bonds. The fraction of sp³-hybridized carbons (Fsp3) is 0.333. The average molecular weight is 313 g/mol. The lowest BCUT2D eigenvalue weighted by Crippen LogP contribution is -2.32. The van der Waals surface area contributed by atoms with Crippen LogP contribution in [0.2, 0.25) is 0 Å². The number of ether oxygens (including phenoxy) is 1. The van der Waals surface area contributed by atoms with Crippen LogP contribution in [0.25, 0.3) is 11.0 Å². The van der Waals surface area contributed by atoms with Gasteiger partial charge in [-0.3, -0.25) is 0 Å². The SMILES string of the molecule is CC(C)(C)OC(=O)n1c(=O)[nH]c2c(Br)cccc21. The van der Waals surface area contributed by atoms with E-state index in [1.165, 1.54) is 0 Å². The normalized spacial score (nSPS) is 11.8. The molecule has 1 heterocycles. The monoisotopic (exact) mass is 312 g/mol. The van der Waals surface area contributed by atoms with Gasteiger partial charge in [-0.05, 0) is 48.8 Å². The Morgan fingerprint density at radius 1 is 1.39 bits per heavy atom. The molecular weight excluding hydrogens is 300 g/mol. The van der Waals surface area contributed by atoms with E-state index in [4.69, 9.17) is 4.74 Å². The molecule has 96 valence electrons.